The number of aryl methyl sites for hydroxylation is 1. The number of carboxylic acid groups (broad SMARTS) is 1. The first kappa shape index (κ1) is 13.0. The fourth-order valence-corrected chi connectivity index (χ4v) is 1.91. The van der Waals surface area contributed by atoms with Crippen LogP contribution in [0.25, 0.3) is 0 Å². The molecule has 1 aromatic rings. The van der Waals surface area contributed by atoms with Crippen LogP contribution in [0.1, 0.15) is 37.9 Å². The van der Waals surface area contributed by atoms with Crippen molar-refractivity contribution in [3.63, 3.8) is 0 Å². The van der Waals surface area contributed by atoms with E-state index >= 15 is 0 Å². The van der Waals surface area contributed by atoms with Crippen LogP contribution in [0, 0.1) is 5.92 Å². The molecule has 2 rings (SSSR count). The van der Waals surface area contributed by atoms with Crippen LogP contribution in [0.4, 0.5) is 0 Å². The molecule has 0 saturated heterocycles. The molecule has 6 heteroatoms. The zero-order valence-corrected chi connectivity index (χ0v) is 10.6. The summed E-state index contributed by atoms with van der Waals surface area (Å²) >= 11 is 0. The lowest BCUT2D eigenvalue weighted by Crippen LogP contribution is -2.31. The van der Waals surface area contributed by atoms with Crippen molar-refractivity contribution >= 4 is 5.97 Å². The molecule has 1 aliphatic rings. The Bertz CT molecular complexity index is 401. The smallest absolute Gasteiger partial charge is 0.317 e. The van der Waals surface area contributed by atoms with Crippen LogP contribution >= 0.6 is 0 Å². The van der Waals surface area contributed by atoms with E-state index in [1.54, 1.807) is 0 Å². The molecule has 0 atom stereocenters. The van der Waals surface area contributed by atoms with Crippen LogP contribution in [-0.2, 0) is 17.8 Å². The van der Waals surface area contributed by atoms with Gasteiger partial charge in [-0.3, -0.25) is 9.69 Å². The number of nitrogens with zero attached hydrogens (tertiary/aromatic N) is 3. The number of rotatable bonds is 8. The van der Waals surface area contributed by atoms with Gasteiger partial charge in [-0.25, -0.2) is 0 Å². The highest BCUT2D eigenvalue weighted by atomic mass is 16.5. The van der Waals surface area contributed by atoms with Gasteiger partial charge in [0.2, 0.25) is 5.89 Å². The van der Waals surface area contributed by atoms with Crippen LogP contribution in [0.2, 0.25) is 0 Å². The molecule has 6 nitrogen and oxygen atoms in total. The van der Waals surface area contributed by atoms with Gasteiger partial charge in [-0.2, -0.15) is 4.98 Å². The molecule has 0 unspecified atom stereocenters. The fourth-order valence-electron chi connectivity index (χ4n) is 1.91. The molecule has 1 N–H and O–H groups in total. The summed E-state index contributed by atoms with van der Waals surface area (Å²) in [6.45, 7) is 3.35. The lowest BCUT2D eigenvalue weighted by atomic mass is 10.3. The summed E-state index contributed by atoms with van der Waals surface area (Å²) in [5, 5.41) is 12.8. The Morgan fingerprint density at radius 1 is 1.56 bits per heavy atom. The second-order valence-corrected chi connectivity index (χ2v) is 4.86. The number of aliphatic carboxylic acids is 1. The largest absolute Gasteiger partial charge is 0.480 e. The monoisotopic (exact) mass is 253 g/mol. The minimum atomic E-state index is -0.812. The van der Waals surface area contributed by atoms with Crippen LogP contribution in [0.15, 0.2) is 4.52 Å². The van der Waals surface area contributed by atoms with Gasteiger partial charge in [0, 0.05) is 13.0 Å². The normalized spacial score (nSPS) is 15.2. The molecule has 0 radical (unpaired) electrons. The lowest BCUT2D eigenvalue weighted by Gasteiger charge is -2.17. The van der Waals surface area contributed by atoms with Crippen LogP contribution in [-0.4, -0.2) is 39.2 Å². The summed E-state index contributed by atoms with van der Waals surface area (Å²) in [6.07, 6.45) is 4.13. The van der Waals surface area contributed by atoms with Gasteiger partial charge in [0.25, 0.3) is 0 Å². The summed E-state index contributed by atoms with van der Waals surface area (Å²) in [4.78, 5) is 16.9. The Kier molecular flexibility index (Phi) is 4.30. The van der Waals surface area contributed by atoms with Gasteiger partial charge >= 0.3 is 5.97 Å². The molecule has 0 amide bonds. The highest BCUT2D eigenvalue weighted by Gasteiger charge is 2.26. The molecular weight excluding hydrogens is 234 g/mol. The van der Waals surface area contributed by atoms with Crippen molar-refractivity contribution in [2.24, 2.45) is 5.92 Å². The van der Waals surface area contributed by atoms with Crippen molar-refractivity contribution in [2.75, 3.05) is 13.1 Å². The second kappa shape index (κ2) is 5.95. The summed E-state index contributed by atoms with van der Waals surface area (Å²) in [7, 11) is 0. The molecule has 0 aromatic carbocycles. The van der Waals surface area contributed by atoms with Crippen molar-refractivity contribution in [3.05, 3.63) is 11.7 Å². The molecule has 1 heterocycles. The van der Waals surface area contributed by atoms with E-state index < -0.39 is 5.97 Å². The summed E-state index contributed by atoms with van der Waals surface area (Å²) in [5.41, 5.74) is 0. The first-order valence-corrected chi connectivity index (χ1v) is 6.43. The van der Waals surface area contributed by atoms with Gasteiger partial charge < -0.3 is 9.63 Å². The Hall–Kier alpha value is -1.43. The lowest BCUT2D eigenvalue weighted by molar-refractivity contribution is -0.138. The van der Waals surface area contributed by atoms with Gasteiger partial charge in [-0.15, -0.1) is 0 Å². The predicted molar refractivity (Wildman–Crippen MR) is 63.9 cm³/mol. The third-order valence-corrected chi connectivity index (χ3v) is 2.91. The van der Waals surface area contributed by atoms with Gasteiger partial charge in [-0.1, -0.05) is 12.1 Å². The Balaban J connectivity index is 1.90. The second-order valence-electron chi connectivity index (χ2n) is 4.86. The number of carbonyl (C=O) groups is 1. The first-order valence-electron chi connectivity index (χ1n) is 6.43. The van der Waals surface area contributed by atoms with Gasteiger partial charge in [0.1, 0.15) is 0 Å². The maximum atomic E-state index is 10.8. The zero-order chi connectivity index (χ0) is 13.0. The molecule has 0 bridgehead atoms. The molecule has 1 saturated carbocycles. The van der Waals surface area contributed by atoms with Crippen molar-refractivity contribution in [2.45, 2.75) is 39.2 Å². The number of hydrogen-bond acceptors (Lipinski definition) is 5. The minimum Gasteiger partial charge on any atom is -0.480 e. The van der Waals surface area contributed by atoms with E-state index in [2.05, 4.69) is 10.1 Å². The summed E-state index contributed by atoms with van der Waals surface area (Å²) in [6, 6.07) is 0. The highest BCUT2D eigenvalue weighted by Crippen LogP contribution is 2.29. The molecule has 1 aliphatic carbocycles. The molecule has 0 aliphatic heterocycles. The van der Waals surface area contributed by atoms with Crippen molar-refractivity contribution in [1.29, 1.82) is 0 Å². The summed E-state index contributed by atoms with van der Waals surface area (Å²) < 4.78 is 5.10. The van der Waals surface area contributed by atoms with Crippen LogP contribution in [0.5, 0.6) is 0 Å². The first-order chi connectivity index (χ1) is 8.67. The van der Waals surface area contributed by atoms with Crippen molar-refractivity contribution in [1.82, 2.24) is 15.0 Å². The number of aromatic nitrogens is 2. The maximum absolute atomic E-state index is 10.8. The Morgan fingerprint density at radius 3 is 2.94 bits per heavy atom. The maximum Gasteiger partial charge on any atom is 0.317 e. The third-order valence-electron chi connectivity index (χ3n) is 2.91. The number of hydrogen-bond donors (Lipinski definition) is 1. The van der Waals surface area contributed by atoms with E-state index in [0.717, 1.165) is 19.4 Å². The highest BCUT2D eigenvalue weighted by molar-refractivity contribution is 5.69. The molecule has 18 heavy (non-hydrogen) atoms. The summed E-state index contributed by atoms with van der Waals surface area (Å²) in [5.74, 6) is 1.05. The molecule has 1 fully saturated rings. The average Bonchev–Trinajstić information content (AvgIpc) is 2.99. The van der Waals surface area contributed by atoms with Gasteiger partial charge in [0.05, 0.1) is 13.1 Å². The molecular formula is C12H19N3O3. The third kappa shape index (κ3) is 4.10. The molecule has 100 valence electrons. The predicted octanol–water partition coefficient (Wildman–Crippen LogP) is 1.32. The van der Waals surface area contributed by atoms with Crippen molar-refractivity contribution in [3.8, 4) is 0 Å². The topological polar surface area (TPSA) is 79.5 Å². The Labute approximate surface area is 106 Å². The van der Waals surface area contributed by atoms with Gasteiger partial charge in [0.15, 0.2) is 5.82 Å². The Morgan fingerprint density at radius 2 is 2.33 bits per heavy atom. The standard InChI is InChI=1S/C12H19N3O3/c1-2-3-11-13-10(14-18-11)7-15(8-12(16)17)6-9-4-5-9/h9H,2-8H2,1H3,(H,16,17). The molecule has 1 aromatic heterocycles. The van der Waals surface area contributed by atoms with E-state index in [1.807, 2.05) is 11.8 Å². The SMILES string of the molecule is CCCc1nc(CN(CC(=O)O)CC2CC2)no1. The van der Waals surface area contributed by atoms with Crippen LogP contribution < -0.4 is 0 Å². The quantitative estimate of drug-likeness (QED) is 0.752. The molecule has 0 spiro atoms. The zero-order valence-electron chi connectivity index (χ0n) is 10.6. The van der Waals surface area contributed by atoms with E-state index in [9.17, 15) is 4.79 Å². The van der Waals surface area contributed by atoms with Crippen molar-refractivity contribution < 1.29 is 14.4 Å². The van der Waals surface area contributed by atoms with E-state index in [0.29, 0.717) is 24.2 Å². The number of carboxylic acids is 1. The minimum absolute atomic E-state index is 0.0359. The van der Waals surface area contributed by atoms with E-state index in [4.69, 9.17) is 9.63 Å². The average molecular weight is 253 g/mol. The fraction of sp³-hybridized carbons (Fsp3) is 0.750. The van der Waals surface area contributed by atoms with Gasteiger partial charge in [-0.05, 0) is 25.2 Å². The van der Waals surface area contributed by atoms with Crippen LogP contribution in [0.3, 0.4) is 0 Å². The van der Waals surface area contributed by atoms with E-state index in [-0.39, 0.29) is 6.54 Å². The van der Waals surface area contributed by atoms with E-state index in [1.165, 1.54) is 12.8 Å².